The summed E-state index contributed by atoms with van der Waals surface area (Å²) in [5.41, 5.74) is 2.77. The monoisotopic (exact) mass is 435 g/mol. The van der Waals surface area contributed by atoms with Crippen LogP contribution in [0.5, 0.6) is 0 Å². The van der Waals surface area contributed by atoms with E-state index >= 15 is 0 Å². The first-order valence-electron chi connectivity index (χ1n) is 10.6. The highest BCUT2D eigenvalue weighted by Gasteiger charge is 2.31. The van der Waals surface area contributed by atoms with Gasteiger partial charge in [-0.15, -0.1) is 0 Å². The van der Waals surface area contributed by atoms with Gasteiger partial charge in [-0.2, -0.15) is 0 Å². The van der Waals surface area contributed by atoms with Gasteiger partial charge in [-0.05, 0) is 50.2 Å². The van der Waals surface area contributed by atoms with Crippen LogP contribution in [0.3, 0.4) is 0 Å². The van der Waals surface area contributed by atoms with E-state index in [-0.39, 0.29) is 11.9 Å². The molecule has 1 amide bonds. The molecule has 2 aromatic heterocycles. The lowest BCUT2D eigenvalue weighted by Crippen LogP contribution is -2.33. The standard InChI is InChI=1S/C24H26ClN5O/c1-29(17-20-8-2-3-12-26-20)15-11-23(31)30-14-5-9-22(30)21-10-13-27-24(28-21)18-6-4-7-19(25)16-18/h2-4,6-8,10,12-13,16,22H,5,9,11,14-15,17H2,1H3. The van der Waals surface area contributed by atoms with E-state index in [0.29, 0.717) is 23.8 Å². The minimum Gasteiger partial charge on any atom is -0.334 e. The molecule has 0 aliphatic carbocycles. The molecule has 0 N–H and O–H groups in total. The van der Waals surface area contributed by atoms with Crippen LogP contribution in [0.4, 0.5) is 0 Å². The minimum absolute atomic E-state index is 0.00506. The van der Waals surface area contributed by atoms with E-state index in [4.69, 9.17) is 16.6 Å². The third kappa shape index (κ3) is 5.46. The molecular formula is C24H26ClN5O. The van der Waals surface area contributed by atoms with Crippen molar-refractivity contribution < 1.29 is 4.79 Å². The number of rotatable bonds is 7. The fourth-order valence-corrected chi connectivity index (χ4v) is 4.17. The van der Waals surface area contributed by atoms with Crippen molar-refractivity contribution in [1.82, 2.24) is 24.8 Å². The second-order valence-electron chi connectivity index (χ2n) is 7.87. The topological polar surface area (TPSA) is 62.2 Å². The fourth-order valence-electron chi connectivity index (χ4n) is 3.97. The van der Waals surface area contributed by atoms with Crippen LogP contribution in [-0.4, -0.2) is 50.8 Å². The molecule has 0 radical (unpaired) electrons. The van der Waals surface area contributed by atoms with Gasteiger partial charge < -0.3 is 9.80 Å². The predicted octanol–water partition coefficient (Wildman–Crippen LogP) is 4.38. The van der Waals surface area contributed by atoms with Crippen LogP contribution in [0.25, 0.3) is 11.4 Å². The number of likely N-dealkylation sites (tertiary alicyclic amines) is 1. The van der Waals surface area contributed by atoms with E-state index in [9.17, 15) is 4.79 Å². The molecular weight excluding hydrogens is 410 g/mol. The van der Waals surface area contributed by atoms with Crippen molar-refractivity contribution in [3.63, 3.8) is 0 Å². The zero-order valence-electron chi connectivity index (χ0n) is 17.6. The summed E-state index contributed by atoms with van der Waals surface area (Å²) in [6, 6.07) is 15.3. The molecule has 0 bridgehead atoms. The summed E-state index contributed by atoms with van der Waals surface area (Å²) in [5, 5.41) is 0.652. The van der Waals surface area contributed by atoms with E-state index in [0.717, 1.165) is 42.9 Å². The molecule has 6 nitrogen and oxygen atoms in total. The molecule has 1 aliphatic rings. The van der Waals surface area contributed by atoms with Crippen molar-refractivity contribution >= 4 is 17.5 Å². The highest BCUT2D eigenvalue weighted by molar-refractivity contribution is 6.30. The van der Waals surface area contributed by atoms with Crippen LogP contribution >= 0.6 is 11.6 Å². The Morgan fingerprint density at radius 1 is 1.16 bits per heavy atom. The summed E-state index contributed by atoms with van der Waals surface area (Å²) in [6.45, 7) is 2.19. The van der Waals surface area contributed by atoms with E-state index in [1.165, 1.54) is 0 Å². The first-order chi connectivity index (χ1) is 15.1. The molecule has 4 rings (SSSR count). The van der Waals surface area contributed by atoms with Crippen molar-refractivity contribution in [3.05, 3.63) is 77.3 Å². The number of amides is 1. The van der Waals surface area contributed by atoms with Gasteiger partial charge in [-0.1, -0.05) is 29.8 Å². The van der Waals surface area contributed by atoms with E-state index in [2.05, 4.69) is 14.9 Å². The lowest BCUT2D eigenvalue weighted by atomic mass is 10.1. The average Bonchev–Trinajstić information content (AvgIpc) is 3.28. The highest BCUT2D eigenvalue weighted by atomic mass is 35.5. The van der Waals surface area contributed by atoms with Gasteiger partial charge in [-0.3, -0.25) is 9.78 Å². The molecule has 0 spiro atoms. The summed E-state index contributed by atoms with van der Waals surface area (Å²) >= 11 is 6.12. The molecule has 1 fully saturated rings. The molecule has 1 aromatic carbocycles. The van der Waals surface area contributed by atoms with Crippen molar-refractivity contribution in [2.24, 2.45) is 0 Å². The third-order valence-corrected chi connectivity index (χ3v) is 5.78. The smallest absolute Gasteiger partial charge is 0.224 e. The van der Waals surface area contributed by atoms with Crippen LogP contribution in [0.2, 0.25) is 5.02 Å². The number of pyridine rings is 1. The van der Waals surface area contributed by atoms with E-state index in [1.807, 2.05) is 60.5 Å². The van der Waals surface area contributed by atoms with Crippen LogP contribution in [0.15, 0.2) is 60.9 Å². The maximum atomic E-state index is 13.0. The normalized spacial score (nSPS) is 16.1. The Balaban J connectivity index is 1.40. The second kappa shape index (κ2) is 9.98. The van der Waals surface area contributed by atoms with Crippen LogP contribution in [0.1, 0.15) is 36.7 Å². The number of nitrogens with zero attached hydrogens (tertiary/aromatic N) is 5. The SMILES string of the molecule is CN(CCC(=O)N1CCCC1c1ccnc(-c2cccc(Cl)c2)n1)Cc1ccccn1. The molecule has 7 heteroatoms. The number of hydrogen-bond donors (Lipinski definition) is 0. The van der Waals surface area contributed by atoms with Crippen molar-refractivity contribution in [3.8, 4) is 11.4 Å². The molecule has 1 unspecified atom stereocenters. The molecule has 0 saturated carbocycles. The zero-order valence-corrected chi connectivity index (χ0v) is 18.4. The van der Waals surface area contributed by atoms with Crippen molar-refractivity contribution in [2.75, 3.05) is 20.1 Å². The maximum absolute atomic E-state index is 13.0. The van der Waals surface area contributed by atoms with Gasteiger partial charge in [0.1, 0.15) is 0 Å². The number of carbonyl (C=O) groups excluding carboxylic acids is 1. The number of benzene rings is 1. The maximum Gasteiger partial charge on any atom is 0.224 e. The fraction of sp³-hybridized carbons (Fsp3) is 0.333. The summed E-state index contributed by atoms with van der Waals surface area (Å²) < 4.78 is 0. The zero-order chi connectivity index (χ0) is 21.6. The summed E-state index contributed by atoms with van der Waals surface area (Å²) in [6.07, 6.45) is 5.94. The van der Waals surface area contributed by atoms with Gasteiger partial charge in [-0.25, -0.2) is 9.97 Å². The first-order valence-corrected chi connectivity index (χ1v) is 10.9. The summed E-state index contributed by atoms with van der Waals surface area (Å²) in [4.78, 5) is 30.6. The van der Waals surface area contributed by atoms with Crippen LogP contribution in [-0.2, 0) is 11.3 Å². The number of aromatic nitrogens is 3. The first kappa shape index (κ1) is 21.4. The van der Waals surface area contributed by atoms with Gasteiger partial charge in [0.05, 0.1) is 17.4 Å². The lowest BCUT2D eigenvalue weighted by molar-refractivity contribution is -0.132. The van der Waals surface area contributed by atoms with Crippen LogP contribution in [0, 0.1) is 0 Å². The second-order valence-corrected chi connectivity index (χ2v) is 8.31. The third-order valence-electron chi connectivity index (χ3n) is 5.54. The molecule has 1 atom stereocenters. The van der Waals surface area contributed by atoms with Gasteiger partial charge >= 0.3 is 0 Å². The minimum atomic E-state index is -0.00506. The van der Waals surface area contributed by atoms with E-state index < -0.39 is 0 Å². The Bertz CT molecular complexity index is 1030. The number of carbonyl (C=O) groups is 1. The van der Waals surface area contributed by atoms with Crippen LogP contribution < -0.4 is 0 Å². The Labute approximate surface area is 187 Å². The Hall–Kier alpha value is -2.83. The number of hydrogen-bond acceptors (Lipinski definition) is 5. The quantitative estimate of drug-likeness (QED) is 0.551. The Morgan fingerprint density at radius 2 is 2.06 bits per heavy atom. The average molecular weight is 436 g/mol. The van der Waals surface area contributed by atoms with Gasteiger partial charge in [0.15, 0.2) is 5.82 Å². The lowest BCUT2D eigenvalue weighted by Gasteiger charge is -2.25. The predicted molar refractivity (Wildman–Crippen MR) is 121 cm³/mol. The van der Waals surface area contributed by atoms with Gasteiger partial charge in [0, 0.05) is 49.0 Å². The summed E-state index contributed by atoms with van der Waals surface area (Å²) in [5.74, 6) is 0.799. The largest absolute Gasteiger partial charge is 0.334 e. The molecule has 3 aromatic rings. The molecule has 160 valence electrons. The van der Waals surface area contributed by atoms with Crippen molar-refractivity contribution in [2.45, 2.75) is 31.8 Å². The molecule has 3 heterocycles. The molecule has 31 heavy (non-hydrogen) atoms. The van der Waals surface area contributed by atoms with Gasteiger partial charge in [0.2, 0.25) is 5.91 Å². The van der Waals surface area contributed by atoms with Crippen molar-refractivity contribution in [1.29, 1.82) is 0 Å². The number of halogens is 1. The summed E-state index contributed by atoms with van der Waals surface area (Å²) in [7, 11) is 2.02. The Kier molecular flexibility index (Phi) is 6.89. The molecule has 1 aliphatic heterocycles. The Morgan fingerprint density at radius 3 is 2.87 bits per heavy atom. The highest BCUT2D eigenvalue weighted by Crippen LogP contribution is 2.32. The van der Waals surface area contributed by atoms with Gasteiger partial charge in [0.25, 0.3) is 0 Å². The van der Waals surface area contributed by atoms with E-state index in [1.54, 1.807) is 12.4 Å². The molecule has 1 saturated heterocycles.